The predicted octanol–water partition coefficient (Wildman–Crippen LogP) is 4.02. The number of halogens is 5. The van der Waals surface area contributed by atoms with Gasteiger partial charge in [-0.15, -0.1) is 0 Å². The highest BCUT2D eigenvalue weighted by Crippen LogP contribution is 2.42. The second kappa shape index (κ2) is 10.2. The third kappa shape index (κ3) is 4.90. The van der Waals surface area contributed by atoms with E-state index in [1.165, 1.54) is 13.1 Å². The molecule has 6 heterocycles. The molecule has 220 valence electrons. The van der Waals surface area contributed by atoms with Crippen molar-refractivity contribution >= 4 is 22.5 Å². The number of pyridine rings is 2. The highest BCUT2D eigenvalue weighted by atomic mass is 19.4. The number of ether oxygens (including phenoxy) is 1. The number of nitrogens with zero attached hydrogens (tertiary/aromatic N) is 6. The molecule has 0 amide bonds. The highest BCUT2D eigenvalue weighted by molar-refractivity contribution is 5.93. The van der Waals surface area contributed by atoms with Crippen LogP contribution in [0.15, 0.2) is 12.4 Å². The quantitative estimate of drug-likeness (QED) is 0.433. The van der Waals surface area contributed by atoms with E-state index >= 15 is 4.39 Å². The van der Waals surface area contributed by atoms with Crippen LogP contribution in [0.1, 0.15) is 43.2 Å². The van der Waals surface area contributed by atoms with Crippen LogP contribution in [0.3, 0.4) is 0 Å². The number of aromatic nitrogens is 4. The molecule has 3 saturated heterocycles. The van der Waals surface area contributed by atoms with Crippen LogP contribution < -0.4 is 21.1 Å². The minimum atomic E-state index is -4.72. The Morgan fingerprint density at radius 1 is 1.12 bits per heavy atom. The molecule has 3 aliphatic heterocycles. The number of rotatable bonds is 5. The summed E-state index contributed by atoms with van der Waals surface area (Å²) >= 11 is 0. The van der Waals surface area contributed by atoms with Crippen molar-refractivity contribution in [2.45, 2.75) is 63.0 Å². The molecule has 3 fully saturated rings. The number of anilines is 2. The fraction of sp³-hybridized carbons (Fsp3) is 0.556. The molecule has 41 heavy (non-hydrogen) atoms. The lowest BCUT2D eigenvalue weighted by atomic mass is 9.95. The third-order valence-electron chi connectivity index (χ3n) is 8.54. The highest BCUT2D eigenvalue weighted by Gasteiger charge is 2.49. The van der Waals surface area contributed by atoms with Crippen molar-refractivity contribution in [2.24, 2.45) is 5.73 Å². The van der Waals surface area contributed by atoms with Crippen molar-refractivity contribution in [1.29, 1.82) is 0 Å². The van der Waals surface area contributed by atoms with E-state index in [1.807, 2.05) is 4.90 Å². The van der Waals surface area contributed by atoms with Gasteiger partial charge in [-0.1, -0.05) is 0 Å². The number of nitrogens with two attached hydrogens (primary N) is 2. The van der Waals surface area contributed by atoms with Crippen molar-refractivity contribution in [3.8, 4) is 17.3 Å². The molecule has 4 N–H and O–H groups in total. The van der Waals surface area contributed by atoms with Gasteiger partial charge < -0.3 is 21.1 Å². The zero-order chi connectivity index (χ0) is 29.1. The Morgan fingerprint density at radius 3 is 2.68 bits per heavy atom. The van der Waals surface area contributed by atoms with Gasteiger partial charge in [0.05, 0.1) is 16.5 Å². The number of hydrogen-bond donors (Lipinski definition) is 2. The number of alkyl halides is 4. The maximum atomic E-state index is 16.3. The largest absolute Gasteiger partial charge is 0.461 e. The van der Waals surface area contributed by atoms with E-state index < -0.39 is 35.0 Å². The van der Waals surface area contributed by atoms with Gasteiger partial charge >= 0.3 is 12.2 Å². The summed E-state index contributed by atoms with van der Waals surface area (Å²) in [4.78, 5) is 20.8. The standard InChI is InChI=1S/C27H31F5N8O/c1-14-18(27(30,31)32)10-36-23(34)19(14)22-20(29)21-17(9-35-22)24(39-6-2-4-16(33)12-39)38-25(37-21)41-13-26-5-3-7-40(26)11-15(28)8-26/h9-10,15-16H,2-8,11-13,33H2,1H3,(H2,34,36)/t15-,16+,26+/m1/s1. The molecule has 0 aliphatic carbocycles. The lowest BCUT2D eigenvalue weighted by Crippen LogP contribution is -2.44. The first-order chi connectivity index (χ1) is 19.5. The van der Waals surface area contributed by atoms with Crippen molar-refractivity contribution in [1.82, 2.24) is 24.8 Å². The van der Waals surface area contributed by atoms with Gasteiger partial charge in [0.25, 0.3) is 0 Å². The van der Waals surface area contributed by atoms with Gasteiger partial charge in [-0.05, 0) is 44.7 Å². The SMILES string of the molecule is Cc1c(C(F)(F)F)cnc(N)c1-c1ncc2c(N3CCC[C@H](N)C3)nc(OC[C@@]34CCCN3C[C@H](F)C4)nc2c1F. The Kier molecular flexibility index (Phi) is 6.88. The second-order valence-electron chi connectivity index (χ2n) is 11.3. The fourth-order valence-electron chi connectivity index (χ4n) is 6.56. The molecule has 3 aromatic heterocycles. The van der Waals surface area contributed by atoms with E-state index in [9.17, 15) is 17.6 Å². The summed E-state index contributed by atoms with van der Waals surface area (Å²) in [5.74, 6) is -0.907. The average molecular weight is 579 g/mol. The van der Waals surface area contributed by atoms with Crippen molar-refractivity contribution < 1.29 is 26.7 Å². The van der Waals surface area contributed by atoms with E-state index in [0.29, 0.717) is 38.1 Å². The zero-order valence-corrected chi connectivity index (χ0v) is 22.5. The van der Waals surface area contributed by atoms with Crippen LogP contribution >= 0.6 is 0 Å². The Morgan fingerprint density at radius 2 is 1.93 bits per heavy atom. The van der Waals surface area contributed by atoms with Crippen LogP contribution in [0.2, 0.25) is 0 Å². The second-order valence-corrected chi connectivity index (χ2v) is 11.3. The Bertz CT molecular complexity index is 1490. The Balaban J connectivity index is 1.46. The van der Waals surface area contributed by atoms with Crippen LogP contribution in [0.5, 0.6) is 6.01 Å². The molecule has 0 unspecified atom stereocenters. The monoisotopic (exact) mass is 578 g/mol. The molecule has 0 aromatic carbocycles. The Labute approximate surface area is 233 Å². The van der Waals surface area contributed by atoms with Gasteiger partial charge in [0.2, 0.25) is 0 Å². The molecular weight excluding hydrogens is 547 g/mol. The molecule has 0 spiro atoms. The molecule has 9 nitrogen and oxygen atoms in total. The first-order valence-corrected chi connectivity index (χ1v) is 13.7. The maximum Gasteiger partial charge on any atom is 0.418 e. The van der Waals surface area contributed by atoms with E-state index in [4.69, 9.17) is 16.2 Å². The smallest absolute Gasteiger partial charge is 0.418 e. The molecule has 6 rings (SSSR count). The summed E-state index contributed by atoms with van der Waals surface area (Å²) in [6.45, 7) is 3.50. The van der Waals surface area contributed by atoms with Gasteiger partial charge in [0.15, 0.2) is 5.82 Å². The topological polar surface area (TPSA) is 119 Å². The fourth-order valence-corrected chi connectivity index (χ4v) is 6.56. The van der Waals surface area contributed by atoms with Crippen LogP contribution in [-0.2, 0) is 6.18 Å². The molecule has 0 bridgehead atoms. The third-order valence-corrected chi connectivity index (χ3v) is 8.54. The number of hydrogen-bond acceptors (Lipinski definition) is 9. The van der Waals surface area contributed by atoms with E-state index in [0.717, 1.165) is 32.2 Å². The summed E-state index contributed by atoms with van der Waals surface area (Å²) in [7, 11) is 0. The van der Waals surface area contributed by atoms with Crippen LogP contribution in [-0.4, -0.2) is 75.4 Å². The Hall–Kier alpha value is -3.39. The van der Waals surface area contributed by atoms with Gasteiger partial charge in [-0.3, -0.25) is 9.88 Å². The minimum absolute atomic E-state index is 0.113. The molecule has 3 aromatic rings. The van der Waals surface area contributed by atoms with E-state index in [1.54, 1.807) is 0 Å². The number of piperidine rings is 1. The number of nitrogen functional groups attached to an aromatic ring is 1. The summed E-state index contributed by atoms with van der Waals surface area (Å²) in [5.41, 5.74) is 9.48. The van der Waals surface area contributed by atoms with Crippen LogP contribution in [0.25, 0.3) is 22.2 Å². The zero-order valence-electron chi connectivity index (χ0n) is 22.5. The molecule has 3 atom stereocenters. The molecule has 3 aliphatic rings. The summed E-state index contributed by atoms with van der Waals surface area (Å²) in [5, 5.41) is 0.259. The summed E-state index contributed by atoms with van der Waals surface area (Å²) in [6.07, 6.45) is -0.103. The van der Waals surface area contributed by atoms with Crippen molar-refractivity contribution in [3.63, 3.8) is 0 Å². The first kappa shape index (κ1) is 27.8. The van der Waals surface area contributed by atoms with Crippen LogP contribution in [0.4, 0.5) is 33.6 Å². The van der Waals surface area contributed by atoms with Crippen LogP contribution in [0, 0.1) is 12.7 Å². The van der Waals surface area contributed by atoms with Crippen molar-refractivity contribution in [3.05, 3.63) is 29.3 Å². The van der Waals surface area contributed by atoms with E-state index in [2.05, 4.69) is 24.8 Å². The molecule has 0 radical (unpaired) electrons. The lowest BCUT2D eigenvalue weighted by Gasteiger charge is -2.33. The lowest BCUT2D eigenvalue weighted by molar-refractivity contribution is -0.138. The summed E-state index contributed by atoms with van der Waals surface area (Å²) < 4.78 is 77.5. The predicted molar refractivity (Wildman–Crippen MR) is 143 cm³/mol. The number of fused-ring (bicyclic) bond motifs is 2. The average Bonchev–Trinajstić information content (AvgIpc) is 3.43. The summed E-state index contributed by atoms with van der Waals surface area (Å²) in [6, 6.07) is -0.238. The van der Waals surface area contributed by atoms with Gasteiger partial charge in [-0.2, -0.15) is 23.1 Å². The van der Waals surface area contributed by atoms with Gasteiger partial charge in [0.1, 0.15) is 35.6 Å². The molecular formula is C27H31F5N8O. The molecule has 14 heteroatoms. The van der Waals surface area contributed by atoms with E-state index in [-0.39, 0.29) is 46.5 Å². The minimum Gasteiger partial charge on any atom is -0.461 e. The van der Waals surface area contributed by atoms with Gasteiger partial charge in [0, 0.05) is 50.1 Å². The van der Waals surface area contributed by atoms with Gasteiger partial charge in [-0.25, -0.2) is 13.8 Å². The maximum absolute atomic E-state index is 16.3. The molecule has 0 saturated carbocycles. The van der Waals surface area contributed by atoms with Crippen molar-refractivity contribution in [2.75, 3.05) is 43.4 Å². The normalized spacial score (nSPS) is 25.2. The first-order valence-electron chi connectivity index (χ1n) is 13.7.